The zero-order valence-corrected chi connectivity index (χ0v) is 31.4. The average molecular weight is 743 g/mol. The SMILES string of the molecule is CO[C@H]1/C=C/C[C@H](C)C(NC(=O)c2cn(C)nc2C2CC2)[S-](=O)=NC(=O)c2ccc3c(c2)N(CC24CC2[C@@H]14)C[C@@]1(CCCc2cc(Cl)ccc21)CO3. The first kappa shape index (κ1) is 34.1. The number of anilines is 1. The molecule has 0 saturated heterocycles. The van der Waals surface area contributed by atoms with Crippen molar-refractivity contribution in [3.8, 4) is 5.75 Å². The van der Waals surface area contributed by atoms with Crippen molar-refractivity contribution in [1.29, 1.82) is 0 Å². The molecular formula is C40H45ClN5O5S-. The average Bonchev–Trinajstić information content (AvgIpc) is 4.07. The van der Waals surface area contributed by atoms with Crippen molar-refractivity contribution < 1.29 is 23.3 Å². The summed E-state index contributed by atoms with van der Waals surface area (Å²) in [5.41, 5.74) is 4.89. The van der Waals surface area contributed by atoms with Crippen molar-refractivity contribution in [2.24, 2.45) is 34.6 Å². The van der Waals surface area contributed by atoms with Gasteiger partial charge in [-0.05, 0) is 115 Å². The second kappa shape index (κ2) is 12.7. The van der Waals surface area contributed by atoms with Gasteiger partial charge in [0, 0.05) is 55.4 Å². The third-order valence-electron chi connectivity index (χ3n) is 12.6. The Labute approximate surface area is 311 Å². The molecule has 2 aliphatic heterocycles. The minimum absolute atomic E-state index is 0.0549. The Bertz CT molecular complexity index is 2090. The number of methoxy groups -OCH3 is 1. The first-order chi connectivity index (χ1) is 25.1. The predicted octanol–water partition coefficient (Wildman–Crippen LogP) is 6.71. The number of amides is 2. The normalized spacial score (nSPS) is 33.1. The molecule has 2 amide bonds. The van der Waals surface area contributed by atoms with E-state index in [1.807, 2.05) is 25.1 Å². The van der Waals surface area contributed by atoms with Gasteiger partial charge in [0.1, 0.15) is 5.75 Å². The summed E-state index contributed by atoms with van der Waals surface area (Å²) in [6.07, 6.45) is 12.6. The van der Waals surface area contributed by atoms with Crippen LogP contribution in [0.15, 0.2) is 59.1 Å². The quantitative estimate of drug-likeness (QED) is 0.233. The van der Waals surface area contributed by atoms with Gasteiger partial charge < -0.3 is 28.3 Å². The van der Waals surface area contributed by atoms with Crippen LogP contribution in [0.2, 0.25) is 5.02 Å². The van der Waals surface area contributed by atoms with E-state index in [-0.39, 0.29) is 34.7 Å². The molecule has 9 rings (SSSR count). The van der Waals surface area contributed by atoms with Crippen LogP contribution < -0.4 is 15.0 Å². The van der Waals surface area contributed by atoms with Gasteiger partial charge in [0.05, 0.1) is 29.7 Å². The summed E-state index contributed by atoms with van der Waals surface area (Å²) in [5.74, 6) is 0.716. The van der Waals surface area contributed by atoms with Crippen molar-refractivity contribution >= 4 is 39.7 Å². The van der Waals surface area contributed by atoms with E-state index in [0.717, 1.165) is 73.8 Å². The fourth-order valence-corrected chi connectivity index (χ4v) is 10.8. The van der Waals surface area contributed by atoms with E-state index >= 15 is 0 Å². The van der Waals surface area contributed by atoms with Crippen molar-refractivity contribution in [2.45, 2.75) is 74.7 Å². The lowest BCUT2D eigenvalue weighted by Gasteiger charge is -2.41. The van der Waals surface area contributed by atoms with E-state index in [0.29, 0.717) is 36.0 Å². The van der Waals surface area contributed by atoms with E-state index < -0.39 is 21.9 Å². The molecule has 3 saturated carbocycles. The highest BCUT2D eigenvalue weighted by Crippen LogP contribution is 2.81. The number of allylic oxidation sites excluding steroid dienone is 1. The lowest BCUT2D eigenvalue weighted by molar-refractivity contribution is 0.0935. The van der Waals surface area contributed by atoms with Crippen LogP contribution in [-0.4, -0.2) is 59.9 Å². The van der Waals surface area contributed by atoms with E-state index in [1.54, 1.807) is 31.1 Å². The predicted molar refractivity (Wildman–Crippen MR) is 199 cm³/mol. The third-order valence-corrected chi connectivity index (χ3v) is 14.2. The van der Waals surface area contributed by atoms with E-state index in [4.69, 9.17) is 21.1 Å². The number of rotatable bonds is 4. The maximum atomic E-state index is 14.0. The van der Waals surface area contributed by atoms with Crippen LogP contribution in [0.25, 0.3) is 0 Å². The first-order valence-corrected chi connectivity index (χ1v) is 20.2. The van der Waals surface area contributed by atoms with Gasteiger partial charge >= 0.3 is 0 Å². The molecule has 12 heteroatoms. The molecule has 2 bridgehead atoms. The van der Waals surface area contributed by atoms with E-state index in [1.165, 1.54) is 11.1 Å². The largest absolute Gasteiger partial charge is 0.490 e. The van der Waals surface area contributed by atoms with Crippen LogP contribution in [0.3, 0.4) is 0 Å². The van der Waals surface area contributed by atoms with Crippen molar-refractivity contribution in [1.82, 2.24) is 15.1 Å². The van der Waals surface area contributed by atoms with Gasteiger partial charge in [0.25, 0.3) is 11.8 Å². The van der Waals surface area contributed by atoms with Crippen LogP contribution in [0.4, 0.5) is 5.69 Å². The summed E-state index contributed by atoms with van der Waals surface area (Å²) in [6, 6.07) is 11.7. The molecule has 52 heavy (non-hydrogen) atoms. The minimum Gasteiger partial charge on any atom is -0.490 e. The fraction of sp³-hybridized carbons (Fsp3) is 0.525. The second-order valence-corrected chi connectivity index (χ2v) is 17.8. The molecule has 1 N–H and O–H groups in total. The number of hydrogen-bond acceptors (Lipinski definition) is 8. The van der Waals surface area contributed by atoms with E-state index in [9.17, 15) is 13.8 Å². The zero-order chi connectivity index (χ0) is 35.9. The molecule has 3 unspecified atom stereocenters. The number of aryl methyl sites for hydroxylation is 2. The Morgan fingerprint density at radius 2 is 2.02 bits per heavy atom. The summed E-state index contributed by atoms with van der Waals surface area (Å²) in [6.45, 7) is 4.03. The Hall–Kier alpha value is -3.67. The van der Waals surface area contributed by atoms with Crippen LogP contribution >= 0.6 is 11.6 Å². The Morgan fingerprint density at radius 3 is 2.81 bits per heavy atom. The van der Waals surface area contributed by atoms with Crippen molar-refractivity contribution in [3.05, 3.63) is 87.7 Å². The molecule has 6 aliphatic rings. The monoisotopic (exact) mass is 742 g/mol. The molecule has 274 valence electrons. The number of nitrogens with one attached hydrogen (secondary N) is 1. The number of carbonyl (C=O) groups is 2. The number of nitrogens with zero attached hydrogens (tertiary/aromatic N) is 4. The lowest BCUT2D eigenvalue weighted by atomic mass is 9.70. The number of aromatic nitrogens is 2. The molecule has 10 nitrogen and oxygen atoms in total. The minimum atomic E-state index is -2.06. The Kier molecular flexibility index (Phi) is 8.35. The molecule has 2 aromatic carbocycles. The fourth-order valence-electron chi connectivity index (χ4n) is 9.51. The molecular weight excluding hydrogens is 698 g/mol. The summed E-state index contributed by atoms with van der Waals surface area (Å²) in [5, 5.41) is 7.39. The van der Waals surface area contributed by atoms with Gasteiger partial charge in [-0.2, -0.15) is 15.7 Å². The Balaban J connectivity index is 1.09. The van der Waals surface area contributed by atoms with Crippen molar-refractivity contribution in [2.75, 3.05) is 31.7 Å². The number of carbonyl (C=O) groups excluding carboxylic acids is 2. The summed E-state index contributed by atoms with van der Waals surface area (Å²) >= 11 is 6.47. The standard InChI is InChI=1S/C40H45ClN5O5S/c1-23-6-4-8-33(50-3)34-30-18-40(30,34)21-46-20-39(15-5-7-25-16-27(41)12-13-29(25)39)22-51-32-14-11-26(17-31(32)46)36(47)44-52(49)38(23)42-37(48)28-19-45(2)43-35(28)24-9-10-24/h4,8,11-14,16-17,19,23-24,30,33-34,38H,5-7,9-10,15,18,20-22H2,1-3H3,(H,42,48)/q-1/b8-4+/t23-,30?,33-,34-,38?,39-,40?/m0/s1. The van der Waals surface area contributed by atoms with Crippen LogP contribution in [0, 0.1) is 23.2 Å². The Morgan fingerprint density at radius 1 is 1.17 bits per heavy atom. The number of ether oxygens (including phenoxy) is 2. The van der Waals surface area contributed by atoms with Crippen LogP contribution in [0.1, 0.15) is 88.9 Å². The van der Waals surface area contributed by atoms with Crippen LogP contribution in [0.5, 0.6) is 5.75 Å². The molecule has 0 radical (unpaired) electrons. The highest BCUT2D eigenvalue weighted by atomic mass is 35.5. The maximum absolute atomic E-state index is 14.0. The number of fused-ring (bicyclic) bond motifs is 4. The molecule has 3 fully saturated rings. The van der Waals surface area contributed by atoms with Gasteiger partial charge in [0.15, 0.2) is 0 Å². The van der Waals surface area contributed by atoms with Crippen LogP contribution in [-0.2, 0) is 38.4 Å². The lowest BCUT2D eigenvalue weighted by Crippen LogP contribution is -2.47. The van der Waals surface area contributed by atoms with Crippen molar-refractivity contribution in [3.63, 3.8) is 0 Å². The molecule has 4 aliphatic carbocycles. The molecule has 7 atom stereocenters. The van der Waals surface area contributed by atoms with Gasteiger partial charge in [-0.15, -0.1) is 0 Å². The second-order valence-electron chi connectivity index (χ2n) is 16.1. The smallest absolute Gasteiger partial charge is 0.254 e. The van der Waals surface area contributed by atoms with Gasteiger partial charge in [0.2, 0.25) is 0 Å². The van der Waals surface area contributed by atoms with E-state index in [2.05, 4.69) is 44.0 Å². The topological polar surface area (TPSA) is 115 Å². The third kappa shape index (κ3) is 5.87. The highest BCUT2D eigenvalue weighted by Gasteiger charge is 2.80. The maximum Gasteiger partial charge on any atom is 0.254 e. The molecule has 1 aromatic heterocycles. The number of hydrogen-bond donors (Lipinski definition) is 1. The molecule has 3 heterocycles. The summed E-state index contributed by atoms with van der Waals surface area (Å²) in [7, 11) is 1.51. The number of benzene rings is 2. The molecule has 2 spiro atoms. The van der Waals surface area contributed by atoms with Gasteiger partial charge in [-0.1, -0.05) is 36.7 Å². The van der Waals surface area contributed by atoms with Gasteiger partial charge in [-0.3, -0.25) is 14.3 Å². The zero-order valence-electron chi connectivity index (χ0n) is 29.8. The first-order valence-electron chi connectivity index (χ1n) is 18.6. The molecule has 3 aromatic rings. The summed E-state index contributed by atoms with van der Waals surface area (Å²) in [4.78, 5) is 30.0. The highest BCUT2D eigenvalue weighted by molar-refractivity contribution is 7.75. The van der Waals surface area contributed by atoms with Gasteiger partial charge in [-0.25, -0.2) is 0 Å². The summed E-state index contributed by atoms with van der Waals surface area (Å²) < 4.78 is 32.7. The number of halogens is 1.